The Morgan fingerprint density at radius 3 is 2.88 bits per heavy atom. The smallest absolute Gasteiger partial charge is 0.248 e. The summed E-state index contributed by atoms with van der Waals surface area (Å²) < 4.78 is 1.61. The Labute approximate surface area is 147 Å². The number of aromatic nitrogens is 4. The van der Waals surface area contributed by atoms with E-state index in [-0.39, 0.29) is 11.9 Å². The quantitative estimate of drug-likeness (QED) is 0.815. The molecule has 1 amide bonds. The molecule has 0 radical (unpaired) electrons. The number of anilines is 1. The Hall–Kier alpha value is -2.48. The molecule has 25 heavy (non-hydrogen) atoms. The number of nitrogens with zero attached hydrogens (tertiary/aromatic N) is 5. The number of tetrazole rings is 1. The van der Waals surface area contributed by atoms with Gasteiger partial charge >= 0.3 is 0 Å². The second kappa shape index (κ2) is 8.06. The SMILES string of the molecule is CC[C@H](Nc1nnnn1-c1ccccc1)C(=O)N1CCC[C@@H](NC)C1. The molecule has 134 valence electrons. The molecule has 0 unspecified atom stereocenters. The highest BCUT2D eigenvalue weighted by molar-refractivity contribution is 5.84. The summed E-state index contributed by atoms with van der Waals surface area (Å²) in [5, 5.41) is 18.3. The Balaban J connectivity index is 1.73. The van der Waals surface area contributed by atoms with Gasteiger partial charge in [-0.05, 0) is 48.9 Å². The number of carbonyl (C=O) groups excluding carboxylic acids is 1. The van der Waals surface area contributed by atoms with Gasteiger partial charge in [0.05, 0.1) is 5.69 Å². The Bertz CT molecular complexity index is 687. The van der Waals surface area contributed by atoms with Crippen LogP contribution in [0.1, 0.15) is 26.2 Å². The summed E-state index contributed by atoms with van der Waals surface area (Å²) in [4.78, 5) is 14.9. The number of carbonyl (C=O) groups is 1. The molecule has 0 spiro atoms. The molecule has 0 saturated carbocycles. The monoisotopic (exact) mass is 343 g/mol. The van der Waals surface area contributed by atoms with E-state index in [1.807, 2.05) is 49.2 Å². The van der Waals surface area contributed by atoms with Crippen molar-refractivity contribution in [1.82, 2.24) is 30.4 Å². The molecule has 8 nitrogen and oxygen atoms in total. The normalized spacial score (nSPS) is 18.8. The maximum absolute atomic E-state index is 12.9. The van der Waals surface area contributed by atoms with Gasteiger partial charge < -0.3 is 15.5 Å². The van der Waals surface area contributed by atoms with Crippen molar-refractivity contribution in [1.29, 1.82) is 0 Å². The molecule has 8 heteroatoms. The molecular formula is C17H25N7O. The van der Waals surface area contributed by atoms with E-state index in [1.54, 1.807) is 4.68 Å². The van der Waals surface area contributed by atoms with Crippen LogP contribution in [0.25, 0.3) is 5.69 Å². The van der Waals surface area contributed by atoms with Crippen LogP contribution in [-0.2, 0) is 4.79 Å². The van der Waals surface area contributed by atoms with Crippen molar-refractivity contribution in [2.24, 2.45) is 0 Å². The summed E-state index contributed by atoms with van der Waals surface area (Å²) in [6.07, 6.45) is 2.80. The molecule has 3 rings (SSSR count). The zero-order valence-electron chi connectivity index (χ0n) is 14.7. The maximum Gasteiger partial charge on any atom is 0.248 e. The number of likely N-dealkylation sites (tertiary alicyclic amines) is 1. The van der Waals surface area contributed by atoms with E-state index in [0.717, 1.165) is 31.6 Å². The fourth-order valence-corrected chi connectivity index (χ4v) is 3.15. The van der Waals surface area contributed by atoms with Crippen molar-refractivity contribution in [3.63, 3.8) is 0 Å². The van der Waals surface area contributed by atoms with Crippen LogP contribution in [-0.4, -0.2) is 63.2 Å². The summed E-state index contributed by atoms with van der Waals surface area (Å²) in [6.45, 7) is 3.54. The molecule has 1 aromatic carbocycles. The lowest BCUT2D eigenvalue weighted by Crippen LogP contribution is -2.51. The average molecular weight is 343 g/mol. The minimum absolute atomic E-state index is 0.102. The van der Waals surface area contributed by atoms with Crippen molar-refractivity contribution >= 4 is 11.9 Å². The van der Waals surface area contributed by atoms with Crippen molar-refractivity contribution in [2.75, 3.05) is 25.5 Å². The van der Waals surface area contributed by atoms with Crippen LogP contribution < -0.4 is 10.6 Å². The zero-order chi connectivity index (χ0) is 17.6. The third-order valence-corrected chi connectivity index (χ3v) is 4.62. The number of amides is 1. The van der Waals surface area contributed by atoms with E-state index in [2.05, 4.69) is 26.2 Å². The van der Waals surface area contributed by atoms with Crippen LogP contribution in [0.4, 0.5) is 5.95 Å². The first-order valence-electron chi connectivity index (χ1n) is 8.79. The highest BCUT2D eigenvalue weighted by Crippen LogP contribution is 2.16. The Kier molecular flexibility index (Phi) is 5.60. The lowest BCUT2D eigenvalue weighted by atomic mass is 10.0. The highest BCUT2D eigenvalue weighted by Gasteiger charge is 2.28. The van der Waals surface area contributed by atoms with Gasteiger partial charge in [-0.1, -0.05) is 30.2 Å². The number of benzene rings is 1. The standard InChI is InChI=1S/C17H25N7O/c1-3-15(16(25)23-11-7-8-13(12-23)18-2)19-17-20-21-22-24(17)14-9-5-4-6-10-14/h4-6,9-10,13,15,18H,3,7-8,11-12H2,1-2H3,(H,19,20,22)/t13-,15+/m1/s1. The fourth-order valence-electron chi connectivity index (χ4n) is 3.15. The molecule has 1 aromatic heterocycles. The second-order valence-electron chi connectivity index (χ2n) is 6.27. The van der Waals surface area contributed by atoms with Crippen LogP contribution >= 0.6 is 0 Å². The first-order valence-corrected chi connectivity index (χ1v) is 8.79. The number of rotatable bonds is 6. The first-order chi connectivity index (χ1) is 12.2. The molecule has 1 aliphatic heterocycles. The van der Waals surface area contributed by atoms with Gasteiger partial charge in [0.2, 0.25) is 11.9 Å². The van der Waals surface area contributed by atoms with Crippen LogP contribution in [0.2, 0.25) is 0 Å². The van der Waals surface area contributed by atoms with Gasteiger partial charge in [-0.25, -0.2) is 0 Å². The van der Waals surface area contributed by atoms with Gasteiger partial charge in [0.15, 0.2) is 0 Å². The van der Waals surface area contributed by atoms with E-state index in [0.29, 0.717) is 18.4 Å². The summed E-state index contributed by atoms with van der Waals surface area (Å²) >= 11 is 0. The minimum Gasteiger partial charge on any atom is -0.341 e. The van der Waals surface area contributed by atoms with Crippen molar-refractivity contribution in [2.45, 2.75) is 38.3 Å². The number of likely N-dealkylation sites (N-methyl/N-ethyl adjacent to an activating group) is 1. The van der Waals surface area contributed by atoms with E-state index in [9.17, 15) is 4.79 Å². The molecule has 2 aromatic rings. The predicted molar refractivity (Wildman–Crippen MR) is 95.5 cm³/mol. The van der Waals surface area contributed by atoms with Gasteiger partial charge in [0, 0.05) is 19.1 Å². The molecule has 2 N–H and O–H groups in total. The summed E-state index contributed by atoms with van der Waals surface area (Å²) in [5.74, 6) is 0.582. The Morgan fingerprint density at radius 1 is 1.36 bits per heavy atom. The van der Waals surface area contributed by atoms with Crippen molar-refractivity contribution < 1.29 is 4.79 Å². The number of para-hydroxylation sites is 1. The van der Waals surface area contributed by atoms with Gasteiger partial charge in [-0.15, -0.1) is 0 Å². The third kappa shape index (κ3) is 3.96. The number of hydrogen-bond donors (Lipinski definition) is 2. The molecule has 2 atom stereocenters. The maximum atomic E-state index is 12.9. The lowest BCUT2D eigenvalue weighted by molar-refractivity contribution is -0.133. The Morgan fingerprint density at radius 2 is 2.16 bits per heavy atom. The molecule has 1 aliphatic rings. The molecule has 0 bridgehead atoms. The summed E-state index contributed by atoms with van der Waals surface area (Å²) in [7, 11) is 1.95. The van der Waals surface area contributed by atoms with Crippen LogP contribution in [0, 0.1) is 0 Å². The van der Waals surface area contributed by atoms with Crippen molar-refractivity contribution in [3.8, 4) is 5.69 Å². The van der Waals surface area contributed by atoms with E-state index >= 15 is 0 Å². The van der Waals surface area contributed by atoms with E-state index in [4.69, 9.17) is 0 Å². The number of hydrogen-bond acceptors (Lipinski definition) is 6. The molecular weight excluding hydrogens is 318 g/mol. The zero-order valence-corrected chi connectivity index (χ0v) is 14.7. The predicted octanol–water partition coefficient (Wildman–Crippen LogP) is 1.06. The van der Waals surface area contributed by atoms with Crippen molar-refractivity contribution in [3.05, 3.63) is 30.3 Å². The first kappa shape index (κ1) is 17.3. The fraction of sp³-hybridized carbons (Fsp3) is 0.529. The van der Waals surface area contributed by atoms with Gasteiger partial charge in [-0.2, -0.15) is 4.68 Å². The largest absolute Gasteiger partial charge is 0.341 e. The number of piperidine rings is 1. The van der Waals surface area contributed by atoms with Gasteiger partial charge in [0.25, 0.3) is 0 Å². The molecule has 0 aliphatic carbocycles. The van der Waals surface area contributed by atoms with Crippen LogP contribution in [0.3, 0.4) is 0 Å². The molecule has 1 fully saturated rings. The molecule has 2 heterocycles. The topological polar surface area (TPSA) is 88.0 Å². The minimum atomic E-state index is -0.343. The molecule has 1 saturated heterocycles. The summed E-state index contributed by atoms with van der Waals surface area (Å²) in [5.41, 5.74) is 0.852. The van der Waals surface area contributed by atoms with Gasteiger partial charge in [0.1, 0.15) is 6.04 Å². The average Bonchev–Trinajstić information content (AvgIpc) is 3.14. The highest BCUT2D eigenvalue weighted by atomic mass is 16.2. The lowest BCUT2D eigenvalue weighted by Gasteiger charge is -2.34. The second-order valence-corrected chi connectivity index (χ2v) is 6.27. The number of nitrogens with one attached hydrogen (secondary N) is 2. The summed E-state index contributed by atoms with van der Waals surface area (Å²) in [6, 6.07) is 9.66. The third-order valence-electron chi connectivity index (χ3n) is 4.62. The van der Waals surface area contributed by atoms with E-state index < -0.39 is 0 Å². The van der Waals surface area contributed by atoms with E-state index in [1.165, 1.54) is 0 Å². The van der Waals surface area contributed by atoms with Gasteiger partial charge in [-0.3, -0.25) is 4.79 Å². The van der Waals surface area contributed by atoms with Crippen LogP contribution in [0.15, 0.2) is 30.3 Å². The van der Waals surface area contributed by atoms with Crippen LogP contribution in [0.5, 0.6) is 0 Å².